The Morgan fingerprint density at radius 3 is 1.76 bits per heavy atom. The zero-order valence-corrected chi connectivity index (χ0v) is 16.3. The summed E-state index contributed by atoms with van der Waals surface area (Å²) in [6.45, 7) is 3.20. The Kier molecular flexibility index (Phi) is 7.35. The highest BCUT2D eigenvalue weighted by atomic mass is 79.9. The second-order valence-corrected chi connectivity index (χ2v) is 8.44. The van der Waals surface area contributed by atoms with E-state index in [0.29, 0.717) is 0 Å². The third-order valence-corrected chi connectivity index (χ3v) is 5.03. The van der Waals surface area contributed by atoms with Crippen LogP contribution < -0.4 is 0 Å². The van der Waals surface area contributed by atoms with Crippen LogP contribution in [0.3, 0.4) is 0 Å². The summed E-state index contributed by atoms with van der Waals surface area (Å²) in [5.41, 5.74) is -2.08. The van der Waals surface area contributed by atoms with E-state index in [2.05, 4.69) is 15.9 Å². The Bertz CT molecular complexity index is 633. The van der Waals surface area contributed by atoms with Gasteiger partial charge in [-0.25, -0.2) is 8.42 Å². The van der Waals surface area contributed by atoms with E-state index in [1.807, 2.05) is 0 Å². The highest BCUT2D eigenvalue weighted by Crippen LogP contribution is 2.33. The molecule has 1 aliphatic heterocycles. The molecule has 1 unspecified atom stereocenters. The molecule has 0 spiro atoms. The van der Waals surface area contributed by atoms with Gasteiger partial charge in [0, 0.05) is 27.0 Å². The molecule has 0 radical (unpaired) electrons. The average Bonchev–Trinajstić information content (AvgIpc) is 2.42. The van der Waals surface area contributed by atoms with Crippen molar-refractivity contribution in [3.63, 3.8) is 0 Å². The van der Waals surface area contributed by atoms with Crippen LogP contribution in [0, 0.1) is 0 Å². The van der Waals surface area contributed by atoms with Gasteiger partial charge in [0.05, 0.1) is 0 Å². The van der Waals surface area contributed by atoms with Crippen LogP contribution in [0.4, 0.5) is 0 Å². The number of sulfone groups is 1. The summed E-state index contributed by atoms with van der Waals surface area (Å²) in [6.07, 6.45) is -4.99. The first-order valence-electron chi connectivity index (χ1n) is 7.02. The second-order valence-electron chi connectivity index (χ2n) is 5.39. The number of hydrogen-bond acceptors (Lipinski definition) is 10. The SMILES string of the molecule is CC(=O)O[C@@H]1[C@@H](OC(C)=O)[C@@H](Br)O[C@H](C(O)S(C)(=O)=O)[C@H]1OC(C)=O. The number of hydrogen-bond donors (Lipinski definition) is 1. The lowest BCUT2D eigenvalue weighted by molar-refractivity contribution is -0.238. The Balaban J connectivity index is 3.34. The number of ether oxygens (including phenoxy) is 4. The maximum absolute atomic E-state index is 11.7. The van der Waals surface area contributed by atoms with Crippen molar-refractivity contribution in [1.29, 1.82) is 0 Å². The maximum atomic E-state index is 11.7. The average molecular weight is 447 g/mol. The molecule has 0 aromatic heterocycles. The van der Waals surface area contributed by atoms with Gasteiger partial charge in [0.1, 0.15) is 6.10 Å². The number of halogens is 1. The minimum atomic E-state index is -4.02. The first kappa shape index (κ1) is 21.8. The van der Waals surface area contributed by atoms with E-state index in [0.717, 1.165) is 27.0 Å². The molecule has 1 N–H and O–H groups in total. The molecule has 0 aliphatic carbocycles. The molecule has 0 saturated carbocycles. The van der Waals surface area contributed by atoms with Crippen molar-refractivity contribution in [3.8, 4) is 0 Å². The van der Waals surface area contributed by atoms with Crippen LogP contribution in [-0.2, 0) is 43.2 Å². The van der Waals surface area contributed by atoms with Crippen molar-refractivity contribution < 1.29 is 46.9 Å². The number of aliphatic hydroxyl groups excluding tert-OH is 1. The normalized spacial score (nSPS) is 30.9. The molecule has 0 aromatic carbocycles. The third kappa shape index (κ3) is 5.90. The van der Waals surface area contributed by atoms with Gasteiger partial charge in [0.15, 0.2) is 38.6 Å². The number of rotatable bonds is 5. The molecule has 25 heavy (non-hydrogen) atoms. The van der Waals surface area contributed by atoms with E-state index in [-0.39, 0.29) is 0 Å². The van der Waals surface area contributed by atoms with E-state index in [1.165, 1.54) is 0 Å². The predicted molar refractivity (Wildman–Crippen MR) is 85.1 cm³/mol. The number of aliphatic hydroxyl groups is 1. The van der Waals surface area contributed by atoms with Crippen LogP contribution in [-0.4, -0.2) is 72.6 Å². The highest BCUT2D eigenvalue weighted by Gasteiger charge is 2.54. The molecule has 10 nitrogen and oxygen atoms in total. The van der Waals surface area contributed by atoms with Gasteiger partial charge < -0.3 is 24.1 Å². The quantitative estimate of drug-likeness (QED) is 0.325. The molecular formula is C13H19BrO10S. The van der Waals surface area contributed by atoms with Crippen LogP contribution in [0.15, 0.2) is 0 Å². The fraction of sp³-hybridized carbons (Fsp3) is 0.769. The van der Waals surface area contributed by atoms with Crippen LogP contribution in [0.25, 0.3) is 0 Å². The summed E-state index contributed by atoms with van der Waals surface area (Å²) in [6, 6.07) is 0. The van der Waals surface area contributed by atoms with E-state index in [9.17, 15) is 27.9 Å². The Morgan fingerprint density at radius 2 is 1.36 bits per heavy atom. The van der Waals surface area contributed by atoms with E-state index < -0.39 is 62.6 Å². The molecule has 0 aromatic rings. The molecule has 0 amide bonds. The predicted octanol–water partition coefficient (Wildman–Crippen LogP) is -0.736. The summed E-state index contributed by atoms with van der Waals surface area (Å²) in [5, 5.41) is 8.93. The Morgan fingerprint density at radius 1 is 0.960 bits per heavy atom. The lowest BCUT2D eigenvalue weighted by Gasteiger charge is -2.43. The van der Waals surface area contributed by atoms with Crippen LogP contribution >= 0.6 is 15.9 Å². The van der Waals surface area contributed by atoms with Crippen molar-refractivity contribution in [3.05, 3.63) is 0 Å². The standard InChI is InChI=1S/C13H19BrO10S/c1-5(15)21-8-9(22-6(2)16)11(13(18)25(4,19)20)24-12(14)10(8)23-7(3)17/h8-13,18H,1-4H3/t8-,9-,10+,11-,12-,13?/m0/s1. The van der Waals surface area contributed by atoms with Crippen molar-refractivity contribution in [2.45, 2.75) is 55.6 Å². The van der Waals surface area contributed by atoms with Gasteiger partial charge in [-0.3, -0.25) is 14.4 Å². The number of esters is 3. The zero-order valence-electron chi connectivity index (χ0n) is 13.9. The topological polar surface area (TPSA) is 142 Å². The fourth-order valence-corrected chi connectivity index (χ4v) is 3.63. The molecule has 1 heterocycles. The first-order chi connectivity index (χ1) is 11.3. The number of carbonyl (C=O) groups is 3. The van der Waals surface area contributed by atoms with Crippen LogP contribution in [0.1, 0.15) is 20.8 Å². The summed E-state index contributed by atoms with van der Waals surface area (Å²) >= 11 is 3.05. The molecule has 1 aliphatic rings. The first-order valence-corrected chi connectivity index (χ1v) is 9.89. The van der Waals surface area contributed by atoms with Crippen molar-refractivity contribution in [2.75, 3.05) is 6.26 Å². The monoisotopic (exact) mass is 446 g/mol. The minimum absolute atomic E-state index is 0.737. The Hall–Kier alpha value is -1.24. The van der Waals surface area contributed by atoms with Crippen molar-refractivity contribution in [2.24, 2.45) is 0 Å². The molecule has 1 saturated heterocycles. The molecule has 1 rings (SSSR count). The van der Waals surface area contributed by atoms with Gasteiger partial charge in [-0.2, -0.15) is 0 Å². The molecule has 0 bridgehead atoms. The molecular weight excluding hydrogens is 428 g/mol. The lowest BCUT2D eigenvalue weighted by atomic mass is 9.99. The van der Waals surface area contributed by atoms with Crippen molar-refractivity contribution >= 4 is 43.7 Å². The smallest absolute Gasteiger partial charge is 0.303 e. The van der Waals surface area contributed by atoms with Crippen molar-refractivity contribution in [1.82, 2.24) is 0 Å². The van der Waals surface area contributed by atoms with E-state index in [1.54, 1.807) is 0 Å². The summed E-state index contributed by atoms with van der Waals surface area (Å²) in [5.74, 6) is -2.38. The van der Waals surface area contributed by atoms with E-state index in [4.69, 9.17) is 18.9 Å². The highest BCUT2D eigenvalue weighted by molar-refractivity contribution is 9.09. The molecule has 144 valence electrons. The van der Waals surface area contributed by atoms with Crippen LogP contribution in [0.5, 0.6) is 0 Å². The van der Waals surface area contributed by atoms with Gasteiger partial charge in [-0.1, -0.05) is 15.9 Å². The minimum Gasteiger partial charge on any atom is -0.455 e. The van der Waals surface area contributed by atoms with E-state index >= 15 is 0 Å². The second kappa shape index (κ2) is 8.43. The molecule has 1 fully saturated rings. The lowest BCUT2D eigenvalue weighted by Crippen LogP contribution is -2.63. The number of carbonyl (C=O) groups excluding carboxylic acids is 3. The van der Waals surface area contributed by atoms with Gasteiger partial charge in [0.25, 0.3) is 0 Å². The van der Waals surface area contributed by atoms with Gasteiger partial charge in [-0.15, -0.1) is 0 Å². The number of alkyl halides is 1. The largest absolute Gasteiger partial charge is 0.455 e. The van der Waals surface area contributed by atoms with Crippen LogP contribution in [0.2, 0.25) is 0 Å². The summed E-state index contributed by atoms with van der Waals surface area (Å²) < 4.78 is 43.8. The zero-order chi connectivity index (χ0) is 19.5. The summed E-state index contributed by atoms with van der Waals surface area (Å²) in [4.78, 5) is 34.1. The van der Waals surface area contributed by atoms with Gasteiger partial charge in [0.2, 0.25) is 0 Å². The maximum Gasteiger partial charge on any atom is 0.303 e. The molecule has 12 heteroatoms. The summed E-state index contributed by atoms with van der Waals surface area (Å²) in [7, 11) is -4.02. The fourth-order valence-electron chi connectivity index (χ4n) is 2.26. The molecule has 6 atom stereocenters. The van der Waals surface area contributed by atoms with Gasteiger partial charge in [-0.05, 0) is 0 Å². The van der Waals surface area contributed by atoms with Gasteiger partial charge >= 0.3 is 17.9 Å². The Labute approximate surface area is 152 Å². The third-order valence-electron chi connectivity index (χ3n) is 3.14.